The number of nitrogens with one attached hydrogen (secondary N) is 1. The van der Waals surface area contributed by atoms with Crippen LogP contribution < -0.4 is 5.32 Å². The van der Waals surface area contributed by atoms with Crippen LogP contribution in [0.4, 0.5) is 0 Å². The van der Waals surface area contributed by atoms with Crippen LogP contribution in [0.5, 0.6) is 0 Å². The third kappa shape index (κ3) is 4.22. The van der Waals surface area contributed by atoms with E-state index in [-0.39, 0.29) is 0 Å². The highest BCUT2D eigenvalue weighted by molar-refractivity contribution is 4.87. The fourth-order valence-electron chi connectivity index (χ4n) is 1.64. The minimum atomic E-state index is 0.636. The summed E-state index contributed by atoms with van der Waals surface area (Å²) in [6.45, 7) is 13.9. The molecule has 0 amide bonds. The monoisotopic (exact) mass is 198 g/mol. The van der Waals surface area contributed by atoms with Gasteiger partial charge < -0.3 is 10.1 Å². The number of nitrogens with zero attached hydrogens (tertiary/aromatic N) is 1. The van der Waals surface area contributed by atoms with Crippen LogP contribution in [0.2, 0.25) is 0 Å². The third-order valence-electron chi connectivity index (χ3n) is 2.51. The molecule has 0 saturated carbocycles. The first-order chi connectivity index (χ1) is 6.70. The van der Waals surface area contributed by atoms with E-state index in [1.54, 1.807) is 0 Å². The second-order valence-corrected chi connectivity index (χ2v) is 4.10. The van der Waals surface area contributed by atoms with Gasteiger partial charge in [-0.1, -0.05) is 12.2 Å². The number of ether oxygens (including phenoxy) is 1. The molecule has 3 heteroatoms. The maximum absolute atomic E-state index is 5.48. The lowest BCUT2D eigenvalue weighted by Gasteiger charge is -2.33. The van der Waals surface area contributed by atoms with Crippen molar-refractivity contribution in [2.45, 2.75) is 19.9 Å². The second kappa shape index (κ2) is 6.17. The number of rotatable bonds is 5. The Hall–Kier alpha value is -0.380. The van der Waals surface area contributed by atoms with E-state index in [0.29, 0.717) is 12.6 Å². The van der Waals surface area contributed by atoms with Crippen molar-refractivity contribution in [2.24, 2.45) is 0 Å². The van der Waals surface area contributed by atoms with Crippen molar-refractivity contribution < 1.29 is 4.74 Å². The first kappa shape index (κ1) is 11.7. The van der Waals surface area contributed by atoms with Crippen molar-refractivity contribution >= 4 is 0 Å². The van der Waals surface area contributed by atoms with E-state index >= 15 is 0 Å². The summed E-state index contributed by atoms with van der Waals surface area (Å²) >= 11 is 0. The fourth-order valence-corrected chi connectivity index (χ4v) is 1.64. The molecule has 0 bridgehead atoms. The number of hydrogen-bond acceptors (Lipinski definition) is 3. The summed E-state index contributed by atoms with van der Waals surface area (Å²) in [5.74, 6) is 0. The van der Waals surface area contributed by atoms with Crippen molar-refractivity contribution in [1.82, 2.24) is 10.2 Å². The van der Waals surface area contributed by atoms with Gasteiger partial charge >= 0.3 is 0 Å². The van der Waals surface area contributed by atoms with E-state index in [4.69, 9.17) is 4.74 Å². The molecule has 1 fully saturated rings. The van der Waals surface area contributed by atoms with Crippen molar-refractivity contribution in [1.29, 1.82) is 0 Å². The SMILES string of the molecule is C=C(C)COCCN1CCNCC1C. The largest absolute Gasteiger partial charge is 0.376 e. The van der Waals surface area contributed by atoms with Crippen LogP contribution in [-0.2, 0) is 4.74 Å². The maximum Gasteiger partial charge on any atom is 0.0672 e. The first-order valence-corrected chi connectivity index (χ1v) is 5.37. The highest BCUT2D eigenvalue weighted by Crippen LogP contribution is 2.01. The predicted molar refractivity (Wildman–Crippen MR) is 59.5 cm³/mol. The molecule has 0 aromatic carbocycles. The van der Waals surface area contributed by atoms with Gasteiger partial charge in [0.2, 0.25) is 0 Å². The van der Waals surface area contributed by atoms with Crippen molar-refractivity contribution in [3.8, 4) is 0 Å². The van der Waals surface area contributed by atoms with Crippen LogP contribution in [0, 0.1) is 0 Å². The highest BCUT2D eigenvalue weighted by Gasteiger charge is 2.16. The molecule has 1 aliphatic rings. The Kier molecular flexibility index (Phi) is 5.15. The first-order valence-electron chi connectivity index (χ1n) is 5.37. The molecular formula is C11H22N2O. The minimum Gasteiger partial charge on any atom is -0.376 e. The zero-order chi connectivity index (χ0) is 10.4. The van der Waals surface area contributed by atoms with Gasteiger partial charge in [-0.2, -0.15) is 0 Å². The van der Waals surface area contributed by atoms with Gasteiger partial charge in [-0.3, -0.25) is 4.90 Å². The van der Waals surface area contributed by atoms with Crippen LogP contribution >= 0.6 is 0 Å². The zero-order valence-corrected chi connectivity index (χ0v) is 9.38. The van der Waals surface area contributed by atoms with E-state index in [9.17, 15) is 0 Å². The Labute approximate surface area is 87.1 Å². The van der Waals surface area contributed by atoms with Gasteiger partial charge in [0.05, 0.1) is 13.2 Å². The summed E-state index contributed by atoms with van der Waals surface area (Å²) in [6.07, 6.45) is 0. The van der Waals surface area contributed by atoms with Crippen molar-refractivity contribution in [3.63, 3.8) is 0 Å². The summed E-state index contributed by atoms with van der Waals surface area (Å²) in [6, 6.07) is 0.636. The molecule has 3 nitrogen and oxygen atoms in total. The second-order valence-electron chi connectivity index (χ2n) is 4.10. The van der Waals surface area contributed by atoms with E-state index < -0.39 is 0 Å². The molecule has 0 spiro atoms. The Balaban J connectivity index is 2.07. The lowest BCUT2D eigenvalue weighted by atomic mass is 10.2. The summed E-state index contributed by atoms with van der Waals surface area (Å²) in [5.41, 5.74) is 1.10. The summed E-state index contributed by atoms with van der Waals surface area (Å²) < 4.78 is 5.48. The van der Waals surface area contributed by atoms with Gasteiger partial charge in [-0.15, -0.1) is 0 Å². The molecule has 1 atom stereocenters. The molecule has 0 aromatic rings. The van der Waals surface area contributed by atoms with Gasteiger partial charge in [0.1, 0.15) is 0 Å². The average molecular weight is 198 g/mol. The Morgan fingerprint density at radius 1 is 1.64 bits per heavy atom. The predicted octanol–water partition coefficient (Wildman–Crippen LogP) is 0.873. The van der Waals surface area contributed by atoms with Gasteiger partial charge in [-0.05, 0) is 13.8 Å². The molecule has 1 saturated heterocycles. The molecule has 1 unspecified atom stereocenters. The maximum atomic E-state index is 5.48. The van der Waals surface area contributed by atoms with Crippen molar-refractivity contribution in [3.05, 3.63) is 12.2 Å². The van der Waals surface area contributed by atoms with Gasteiger partial charge in [0.25, 0.3) is 0 Å². The molecular weight excluding hydrogens is 176 g/mol. The van der Waals surface area contributed by atoms with Crippen LogP contribution in [0.1, 0.15) is 13.8 Å². The third-order valence-corrected chi connectivity index (χ3v) is 2.51. The smallest absolute Gasteiger partial charge is 0.0672 e. The van der Waals surface area contributed by atoms with E-state index in [1.807, 2.05) is 6.92 Å². The molecule has 14 heavy (non-hydrogen) atoms. The Bertz CT molecular complexity index is 182. The van der Waals surface area contributed by atoms with Crippen LogP contribution in [0.25, 0.3) is 0 Å². The topological polar surface area (TPSA) is 24.5 Å². The average Bonchev–Trinajstić information content (AvgIpc) is 2.15. The van der Waals surface area contributed by atoms with Gasteiger partial charge in [0, 0.05) is 32.2 Å². The lowest BCUT2D eigenvalue weighted by molar-refractivity contribution is 0.0923. The van der Waals surface area contributed by atoms with E-state index in [0.717, 1.165) is 38.4 Å². The van der Waals surface area contributed by atoms with Crippen molar-refractivity contribution in [2.75, 3.05) is 39.4 Å². The van der Waals surface area contributed by atoms with E-state index in [1.165, 1.54) is 0 Å². The van der Waals surface area contributed by atoms with Crippen LogP contribution in [0.3, 0.4) is 0 Å². The molecule has 1 N–H and O–H groups in total. The summed E-state index contributed by atoms with van der Waals surface area (Å²) in [5, 5.41) is 3.38. The van der Waals surface area contributed by atoms with Crippen LogP contribution in [-0.4, -0.2) is 50.3 Å². The van der Waals surface area contributed by atoms with Gasteiger partial charge in [0.15, 0.2) is 0 Å². The lowest BCUT2D eigenvalue weighted by Crippen LogP contribution is -2.50. The quantitative estimate of drug-likeness (QED) is 0.524. The Morgan fingerprint density at radius 2 is 2.43 bits per heavy atom. The summed E-state index contributed by atoms with van der Waals surface area (Å²) in [7, 11) is 0. The molecule has 1 rings (SSSR count). The molecule has 1 aliphatic heterocycles. The Morgan fingerprint density at radius 3 is 3.07 bits per heavy atom. The normalized spacial score (nSPS) is 23.7. The van der Waals surface area contributed by atoms with Gasteiger partial charge in [-0.25, -0.2) is 0 Å². The molecule has 0 radical (unpaired) electrons. The number of hydrogen-bond donors (Lipinski definition) is 1. The van der Waals surface area contributed by atoms with E-state index in [2.05, 4.69) is 23.7 Å². The summed E-state index contributed by atoms with van der Waals surface area (Å²) in [4.78, 5) is 2.47. The zero-order valence-electron chi connectivity index (χ0n) is 9.38. The fraction of sp³-hybridized carbons (Fsp3) is 0.818. The standard InChI is InChI=1S/C11H22N2O/c1-10(2)9-14-7-6-13-5-4-12-8-11(13)3/h11-12H,1,4-9H2,2-3H3. The molecule has 1 heterocycles. The van der Waals surface area contributed by atoms with Crippen LogP contribution in [0.15, 0.2) is 12.2 Å². The highest BCUT2D eigenvalue weighted by atomic mass is 16.5. The minimum absolute atomic E-state index is 0.636. The molecule has 82 valence electrons. The molecule has 0 aromatic heterocycles. The number of piperazine rings is 1. The molecule has 0 aliphatic carbocycles.